The maximum atomic E-state index is 10.7. The third kappa shape index (κ3) is 4.39. The first-order valence-corrected chi connectivity index (χ1v) is 8.95. The molecule has 1 atom stereocenters. The van der Waals surface area contributed by atoms with Crippen molar-refractivity contribution in [1.82, 2.24) is 9.46 Å². The number of benzene rings is 1. The first kappa shape index (κ1) is 18.1. The third-order valence-corrected chi connectivity index (χ3v) is 4.81. The predicted octanol–water partition coefficient (Wildman–Crippen LogP) is 2.52. The molecule has 1 saturated heterocycles. The van der Waals surface area contributed by atoms with Gasteiger partial charge in [0.2, 0.25) is 0 Å². The van der Waals surface area contributed by atoms with Crippen molar-refractivity contribution in [2.24, 2.45) is 0 Å². The number of anilines is 1. The molecule has 9 heteroatoms. The molecule has 0 aliphatic carbocycles. The van der Waals surface area contributed by atoms with Gasteiger partial charge in [-0.05, 0) is 31.4 Å². The second-order valence-corrected chi connectivity index (χ2v) is 6.77. The fourth-order valence-electron chi connectivity index (χ4n) is 2.38. The van der Waals surface area contributed by atoms with Gasteiger partial charge in [-0.1, -0.05) is 11.2 Å². The fourth-order valence-corrected chi connectivity index (χ4v) is 3.16. The summed E-state index contributed by atoms with van der Waals surface area (Å²) in [6.45, 7) is 3.83. The summed E-state index contributed by atoms with van der Waals surface area (Å²) in [5.41, 5.74) is 7.60. The Morgan fingerprint density at radius 2 is 2.04 bits per heavy atom. The maximum Gasteiger partial charge on any atom is 0.292 e. The lowest BCUT2D eigenvalue weighted by Crippen LogP contribution is -2.20. The van der Waals surface area contributed by atoms with Crippen LogP contribution in [0, 0.1) is 17.0 Å². The van der Waals surface area contributed by atoms with Crippen LogP contribution in [0.4, 0.5) is 11.4 Å². The summed E-state index contributed by atoms with van der Waals surface area (Å²) in [7, 11) is -0.708. The molecule has 1 unspecified atom stereocenters. The smallest absolute Gasteiger partial charge is 0.292 e. The molecule has 1 aromatic heterocycles. The van der Waals surface area contributed by atoms with Crippen LogP contribution in [0.3, 0.4) is 0 Å². The Balaban J connectivity index is 0.000000219. The number of rotatable bonds is 3. The number of hydrogen-bond donors (Lipinski definition) is 1. The molecule has 2 heterocycles. The molecular formula is C15H20N4O4S. The lowest BCUT2D eigenvalue weighted by molar-refractivity contribution is -0.383. The minimum absolute atomic E-state index is 0.113. The number of aromatic nitrogens is 1. The van der Waals surface area contributed by atoms with Crippen LogP contribution in [0.5, 0.6) is 0 Å². The molecule has 1 fully saturated rings. The summed E-state index contributed by atoms with van der Waals surface area (Å²) in [6.07, 6.45) is 5.63. The molecule has 3 rings (SSSR count). The molecule has 8 nitrogen and oxygen atoms in total. The van der Waals surface area contributed by atoms with Crippen molar-refractivity contribution in [2.45, 2.75) is 19.8 Å². The Morgan fingerprint density at radius 3 is 2.50 bits per heavy atom. The summed E-state index contributed by atoms with van der Waals surface area (Å²) in [4.78, 5) is 10.2. The standard InChI is InChI=1S/C10H9N3O3.C5H11NOS/c1-6-8(5-16-12-6)7-2-3-9(11)10(4-7)13(14)15;1-8(7)6-4-2-3-5-6/h2-5H,11H2,1H3;2-5H2,1H3. The van der Waals surface area contributed by atoms with Crippen molar-refractivity contribution in [3.63, 3.8) is 0 Å². The Kier molecular flexibility index (Phi) is 6.04. The summed E-state index contributed by atoms with van der Waals surface area (Å²) < 4.78 is 17.5. The van der Waals surface area contributed by atoms with E-state index >= 15 is 0 Å². The highest BCUT2D eigenvalue weighted by Crippen LogP contribution is 2.29. The first-order valence-electron chi connectivity index (χ1n) is 7.44. The summed E-state index contributed by atoms with van der Waals surface area (Å²) in [5, 5.41) is 14.4. The van der Waals surface area contributed by atoms with Gasteiger partial charge in [0.15, 0.2) is 0 Å². The number of nitrogens with two attached hydrogens (primary N) is 1. The van der Waals surface area contributed by atoms with E-state index in [0.29, 0.717) is 11.3 Å². The van der Waals surface area contributed by atoms with E-state index in [9.17, 15) is 14.3 Å². The highest BCUT2D eigenvalue weighted by molar-refractivity contribution is 7.81. The number of nitrogens with zero attached hydrogens (tertiary/aromatic N) is 3. The third-order valence-electron chi connectivity index (χ3n) is 3.72. The minimum atomic E-state index is -0.708. The highest BCUT2D eigenvalue weighted by Gasteiger charge is 2.15. The summed E-state index contributed by atoms with van der Waals surface area (Å²) in [5.74, 6) is 0. The molecule has 1 aliphatic rings. The maximum absolute atomic E-state index is 10.7. The molecule has 0 spiro atoms. The SMILES string of the molecule is CS(=O)N1CCCC1.Cc1nocc1-c1ccc(N)c([N+](=O)[O-])c1. The van der Waals surface area contributed by atoms with Gasteiger partial charge < -0.3 is 10.3 Å². The molecule has 2 aromatic rings. The van der Waals surface area contributed by atoms with Crippen molar-refractivity contribution in [1.29, 1.82) is 0 Å². The van der Waals surface area contributed by atoms with Gasteiger partial charge in [0, 0.05) is 31.0 Å². The van der Waals surface area contributed by atoms with E-state index in [1.807, 2.05) is 4.31 Å². The lowest BCUT2D eigenvalue weighted by atomic mass is 10.1. The van der Waals surface area contributed by atoms with Crippen molar-refractivity contribution in [2.75, 3.05) is 25.1 Å². The zero-order chi connectivity index (χ0) is 17.7. The monoisotopic (exact) mass is 352 g/mol. The lowest BCUT2D eigenvalue weighted by Gasteiger charge is -2.07. The second kappa shape index (κ2) is 8.02. The Morgan fingerprint density at radius 1 is 1.38 bits per heavy atom. The molecule has 0 bridgehead atoms. The Hall–Kier alpha value is -2.26. The number of nitro groups is 1. The van der Waals surface area contributed by atoms with E-state index in [4.69, 9.17) is 10.3 Å². The zero-order valence-electron chi connectivity index (χ0n) is 13.6. The van der Waals surface area contributed by atoms with Crippen LogP contribution in [0.1, 0.15) is 18.5 Å². The van der Waals surface area contributed by atoms with Gasteiger partial charge in [-0.3, -0.25) is 10.1 Å². The normalized spacial score (nSPS) is 15.6. The van der Waals surface area contributed by atoms with Gasteiger partial charge in [0.25, 0.3) is 5.69 Å². The van der Waals surface area contributed by atoms with Crippen LogP contribution < -0.4 is 5.73 Å². The van der Waals surface area contributed by atoms with E-state index < -0.39 is 15.9 Å². The summed E-state index contributed by atoms with van der Waals surface area (Å²) in [6, 6.07) is 4.61. The van der Waals surface area contributed by atoms with Crippen molar-refractivity contribution >= 4 is 22.4 Å². The first-order chi connectivity index (χ1) is 11.4. The van der Waals surface area contributed by atoms with Crippen LogP contribution in [0.15, 0.2) is 29.0 Å². The van der Waals surface area contributed by atoms with Crippen LogP contribution in [0.2, 0.25) is 0 Å². The average Bonchev–Trinajstić information content (AvgIpc) is 3.19. The minimum Gasteiger partial charge on any atom is -0.393 e. The number of aryl methyl sites for hydroxylation is 1. The van der Waals surface area contributed by atoms with Crippen LogP contribution in [-0.2, 0) is 11.0 Å². The van der Waals surface area contributed by atoms with Gasteiger partial charge in [0.05, 0.1) is 21.6 Å². The number of nitrogen functional groups attached to an aromatic ring is 1. The van der Waals surface area contributed by atoms with E-state index in [1.165, 1.54) is 31.2 Å². The van der Waals surface area contributed by atoms with Gasteiger partial charge in [-0.15, -0.1) is 0 Å². The van der Waals surface area contributed by atoms with Gasteiger partial charge >= 0.3 is 0 Å². The quantitative estimate of drug-likeness (QED) is 0.515. The van der Waals surface area contributed by atoms with E-state index in [0.717, 1.165) is 18.7 Å². The molecule has 0 saturated carbocycles. The van der Waals surface area contributed by atoms with E-state index in [-0.39, 0.29) is 11.4 Å². The largest absolute Gasteiger partial charge is 0.393 e. The predicted molar refractivity (Wildman–Crippen MR) is 92.6 cm³/mol. The van der Waals surface area contributed by atoms with Crippen LogP contribution >= 0.6 is 0 Å². The van der Waals surface area contributed by atoms with E-state index in [1.54, 1.807) is 19.2 Å². The zero-order valence-corrected chi connectivity index (χ0v) is 14.4. The molecule has 130 valence electrons. The molecule has 0 amide bonds. The molecule has 1 aromatic carbocycles. The Bertz CT molecular complexity index is 741. The van der Waals surface area contributed by atoms with Gasteiger partial charge in [0.1, 0.15) is 12.0 Å². The van der Waals surface area contributed by atoms with Gasteiger partial charge in [-0.25, -0.2) is 8.51 Å². The van der Waals surface area contributed by atoms with Gasteiger partial charge in [-0.2, -0.15) is 0 Å². The topological polar surface area (TPSA) is 116 Å². The molecule has 0 radical (unpaired) electrons. The van der Waals surface area contributed by atoms with Crippen LogP contribution in [-0.4, -0.2) is 37.9 Å². The molecule has 2 N–H and O–H groups in total. The molecule has 24 heavy (non-hydrogen) atoms. The van der Waals surface area contributed by atoms with Crippen LogP contribution in [0.25, 0.3) is 11.1 Å². The number of hydrogen-bond acceptors (Lipinski definition) is 6. The molecular weight excluding hydrogens is 332 g/mol. The molecule has 1 aliphatic heterocycles. The highest BCUT2D eigenvalue weighted by atomic mass is 32.2. The fraction of sp³-hybridized carbons (Fsp3) is 0.400. The van der Waals surface area contributed by atoms with Crippen molar-refractivity contribution in [3.8, 4) is 11.1 Å². The van der Waals surface area contributed by atoms with Crippen molar-refractivity contribution in [3.05, 3.63) is 40.3 Å². The summed E-state index contributed by atoms with van der Waals surface area (Å²) >= 11 is 0. The average molecular weight is 352 g/mol. The second-order valence-electron chi connectivity index (χ2n) is 5.40. The van der Waals surface area contributed by atoms with E-state index in [2.05, 4.69) is 5.16 Å². The van der Waals surface area contributed by atoms with Crippen molar-refractivity contribution < 1.29 is 13.7 Å². The number of nitro benzene ring substituents is 1. The Labute approximate surface area is 142 Å².